The van der Waals surface area contributed by atoms with Crippen molar-refractivity contribution in [1.29, 1.82) is 0 Å². The van der Waals surface area contributed by atoms with Gasteiger partial charge < -0.3 is 19.9 Å². The van der Waals surface area contributed by atoms with Crippen molar-refractivity contribution < 1.29 is 9.53 Å². The van der Waals surface area contributed by atoms with Gasteiger partial charge in [-0.2, -0.15) is 4.98 Å². The summed E-state index contributed by atoms with van der Waals surface area (Å²) in [4.78, 5) is 30.2. The predicted molar refractivity (Wildman–Crippen MR) is 109 cm³/mol. The normalized spacial score (nSPS) is 14.1. The molecule has 3 heterocycles. The van der Waals surface area contributed by atoms with Crippen LogP contribution in [0.2, 0.25) is 0 Å². The van der Waals surface area contributed by atoms with E-state index in [0.717, 1.165) is 23.9 Å². The molecule has 1 saturated heterocycles. The number of nitrogens with zero attached hydrogens (tertiary/aromatic N) is 5. The molecule has 1 aliphatic rings. The molecule has 0 atom stereocenters. The molecule has 28 heavy (non-hydrogen) atoms. The Bertz CT molecular complexity index is 996. The molecular formula is C20H22N6O2. The molecule has 4 rings (SSSR count). The fraction of sp³-hybridized carbons (Fsp3) is 0.300. The number of rotatable bonds is 4. The summed E-state index contributed by atoms with van der Waals surface area (Å²) in [5.41, 5.74) is 0.918. The summed E-state index contributed by atoms with van der Waals surface area (Å²) < 4.78 is 5.39. The molecule has 8 heteroatoms. The maximum Gasteiger partial charge on any atom is 0.275 e. The van der Waals surface area contributed by atoms with E-state index in [9.17, 15) is 4.79 Å². The Morgan fingerprint density at radius 2 is 1.93 bits per heavy atom. The summed E-state index contributed by atoms with van der Waals surface area (Å²) >= 11 is 0. The molecule has 0 aliphatic carbocycles. The van der Waals surface area contributed by atoms with Gasteiger partial charge in [0.1, 0.15) is 11.4 Å². The molecule has 8 nitrogen and oxygen atoms in total. The van der Waals surface area contributed by atoms with Gasteiger partial charge in [-0.3, -0.25) is 9.78 Å². The van der Waals surface area contributed by atoms with Crippen molar-refractivity contribution in [2.24, 2.45) is 0 Å². The Labute approximate surface area is 163 Å². The minimum atomic E-state index is -0.289. The zero-order chi connectivity index (χ0) is 19.5. The Morgan fingerprint density at radius 3 is 2.71 bits per heavy atom. The summed E-state index contributed by atoms with van der Waals surface area (Å²) in [6, 6.07) is 9.57. The van der Waals surface area contributed by atoms with E-state index in [0.29, 0.717) is 36.4 Å². The van der Waals surface area contributed by atoms with Crippen LogP contribution in [0.1, 0.15) is 10.5 Å². The predicted octanol–water partition coefficient (Wildman–Crippen LogP) is 2.18. The molecule has 0 radical (unpaired) electrons. The lowest BCUT2D eigenvalue weighted by Gasteiger charge is -2.28. The van der Waals surface area contributed by atoms with Crippen LogP contribution in [-0.4, -0.2) is 61.3 Å². The number of pyridine rings is 1. The van der Waals surface area contributed by atoms with Crippen molar-refractivity contribution in [3.8, 4) is 0 Å². The third-order valence-corrected chi connectivity index (χ3v) is 4.61. The number of carbonyl (C=O) groups is 1. The second-order valence-corrected chi connectivity index (χ2v) is 6.74. The van der Waals surface area contributed by atoms with Gasteiger partial charge in [0, 0.05) is 38.8 Å². The van der Waals surface area contributed by atoms with Gasteiger partial charge in [-0.05, 0) is 11.5 Å². The average Bonchev–Trinajstić information content (AvgIpc) is 2.74. The quantitative estimate of drug-likeness (QED) is 0.745. The minimum Gasteiger partial charge on any atom is -0.378 e. The number of ether oxygens (including phenoxy) is 1. The van der Waals surface area contributed by atoms with Gasteiger partial charge in [0.15, 0.2) is 5.82 Å². The van der Waals surface area contributed by atoms with Crippen LogP contribution in [0.4, 0.5) is 17.5 Å². The first-order valence-electron chi connectivity index (χ1n) is 9.15. The van der Waals surface area contributed by atoms with Gasteiger partial charge in [-0.1, -0.05) is 24.3 Å². The second-order valence-electron chi connectivity index (χ2n) is 6.74. The lowest BCUT2D eigenvalue weighted by Crippen LogP contribution is -2.37. The Hall–Kier alpha value is -3.26. The Kier molecular flexibility index (Phi) is 5.03. The lowest BCUT2D eigenvalue weighted by atomic mass is 10.1. The van der Waals surface area contributed by atoms with Crippen LogP contribution in [0.25, 0.3) is 10.8 Å². The average molecular weight is 378 g/mol. The van der Waals surface area contributed by atoms with E-state index in [-0.39, 0.29) is 5.91 Å². The van der Waals surface area contributed by atoms with Gasteiger partial charge in [0.2, 0.25) is 5.95 Å². The summed E-state index contributed by atoms with van der Waals surface area (Å²) in [5.74, 6) is 0.987. The summed E-state index contributed by atoms with van der Waals surface area (Å²) in [7, 11) is 3.77. The molecule has 1 N–H and O–H groups in total. The summed E-state index contributed by atoms with van der Waals surface area (Å²) in [6.45, 7) is 2.81. The van der Waals surface area contributed by atoms with Crippen molar-refractivity contribution in [2.45, 2.75) is 0 Å². The smallest absolute Gasteiger partial charge is 0.275 e. The van der Waals surface area contributed by atoms with Crippen molar-refractivity contribution in [2.75, 3.05) is 55.5 Å². The van der Waals surface area contributed by atoms with Crippen molar-refractivity contribution in [3.05, 3.63) is 48.4 Å². The number of aromatic nitrogens is 3. The molecule has 0 saturated carbocycles. The van der Waals surface area contributed by atoms with Crippen LogP contribution >= 0.6 is 0 Å². The number of hydrogen-bond acceptors (Lipinski definition) is 7. The first-order valence-corrected chi connectivity index (χ1v) is 9.15. The van der Waals surface area contributed by atoms with E-state index in [4.69, 9.17) is 4.74 Å². The van der Waals surface area contributed by atoms with E-state index in [1.165, 1.54) is 0 Å². The highest BCUT2D eigenvalue weighted by Gasteiger charge is 2.19. The van der Waals surface area contributed by atoms with Crippen LogP contribution in [-0.2, 0) is 4.74 Å². The molecule has 0 bridgehead atoms. The zero-order valence-corrected chi connectivity index (χ0v) is 15.9. The van der Waals surface area contributed by atoms with Crippen molar-refractivity contribution in [3.63, 3.8) is 0 Å². The van der Waals surface area contributed by atoms with Crippen LogP contribution < -0.4 is 15.1 Å². The van der Waals surface area contributed by atoms with E-state index in [1.54, 1.807) is 12.4 Å². The highest BCUT2D eigenvalue weighted by molar-refractivity contribution is 6.12. The number of fused-ring (bicyclic) bond motifs is 1. The minimum absolute atomic E-state index is 0.289. The van der Waals surface area contributed by atoms with Crippen LogP contribution in [0.15, 0.2) is 42.7 Å². The summed E-state index contributed by atoms with van der Waals surface area (Å²) in [5, 5.41) is 4.69. The number of amides is 1. The van der Waals surface area contributed by atoms with E-state index in [2.05, 4.69) is 25.2 Å². The fourth-order valence-electron chi connectivity index (χ4n) is 3.19. The van der Waals surface area contributed by atoms with Crippen LogP contribution in [0, 0.1) is 0 Å². The van der Waals surface area contributed by atoms with E-state index in [1.807, 2.05) is 49.3 Å². The fourth-order valence-corrected chi connectivity index (χ4v) is 3.19. The molecule has 1 amide bonds. The zero-order valence-electron chi connectivity index (χ0n) is 15.9. The van der Waals surface area contributed by atoms with Gasteiger partial charge in [-0.25, -0.2) is 4.98 Å². The van der Waals surface area contributed by atoms with E-state index < -0.39 is 0 Å². The number of carbonyl (C=O) groups excluding carboxylic acids is 1. The Morgan fingerprint density at radius 1 is 1.14 bits per heavy atom. The molecule has 1 fully saturated rings. The molecule has 3 aromatic rings. The molecule has 0 unspecified atom stereocenters. The van der Waals surface area contributed by atoms with Gasteiger partial charge in [0.05, 0.1) is 19.4 Å². The number of hydrogen-bond donors (Lipinski definition) is 1. The van der Waals surface area contributed by atoms with Crippen molar-refractivity contribution in [1.82, 2.24) is 15.0 Å². The molecule has 1 aromatic carbocycles. The monoisotopic (exact) mass is 378 g/mol. The first-order chi connectivity index (χ1) is 13.6. The molecule has 144 valence electrons. The van der Waals surface area contributed by atoms with Gasteiger partial charge >= 0.3 is 0 Å². The summed E-state index contributed by atoms with van der Waals surface area (Å²) in [6.07, 6.45) is 3.29. The highest BCUT2D eigenvalue weighted by atomic mass is 16.5. The third kappa shape index (κ3) is 3.59. The molecule has 0 spiro atoms. The van der Waals surface area contributed by atoms with Crippen LogP contribution in [0.3, 0.4) is 0 Å². The van der Waals surface area contributed by atoms with Crippen molar-refractivity contribution >= 4 is 34.1 Å². The standard InChI is InChI=1S/C20H22N6O2/c1-25(2)18-16(13-22-20(24-18)26-9-11-28-12-10-26)23-19(27)17-15-6-4-3-5-14(15)7-8-21-17/h3-8,13H,9-12H2,1-2H3,(H,23,27). The van der Waals surface area contributed by atoms with Crippen LogP contribution in [0.5, 0.6) is 0 Å². The molecule has 1 aliphatic heterocycles. The molecular weight excluding hydrogens is 356 g/mol. The molecule has 2 aromatic heterocycles. The Balaban J connectivity index is 1.64. The van der Waals surface area contributed by atoms with Gasteiger partial charge in [0.25, 0.3) is 5.91 Å². The number of morpholine rings is 1. The maximum absolute atomic E-state index is 12.9. The second kappa shape index (κ2) is 7.77. The largest absolute Gasteiger partial charge is 0.378 e. The number of nitrogens with one attached hydrogen (secondary N) is 1. The maximum atomic E-state index is 12.9. The van der Waals surface area contributed by atoms with Gasteiger partial charge in [-0.15, -0.1) is 0 Å². The SMILES string of the molecule is CN(C)c1nc(N2CCOCC2)ncc1NC(=O)c1nccc2ccccc12. The third-order valence-electron chi connectivity index (χ3n) is 4.61. The number of anilines is 3. The first kappa shape index (κ1) is 18.1. The topological polar surface area (TPSA) is 83.5 Å². The lowest BCUT2D eigenvalue weighted by molar-refractivity contribution is 0.102. The highest BCUT2D eigenvalue weighted by Crippen LogP contribution is 2.25. The van der Waals surface area contributed by atoms with E-state index >= 15 is 0 Å². The number of benzene rings is 1.